The Bertz CT molecular complexity index is 1230. The number of halogens is 3. The number of carbonyl (C=O) groups is 4. The van der Waals surface area contributed by atoms with Crippen molar-refractivity contribution in [3.8, 4) is 0 Å². The molecule has 0 aromatic rings. The predicted molar refractivity (Wildman–Crippen MR) is 136 cm³/mol. The lowest BCUT2D eigenvalue weighted by molar-refractivity contribution is -0.757. The van der Waals surface area contributed by atoms with Gasteiger partial charge in [0.25, 0.3) is 5.09 Å². The molecule has 0 bridgehead atoms. The van der Waals surface area contributed by atoms with Gasteiger partial charge in [-0.1, -0.05) is 19.9 Å². The van der Waals surface area contributed by atoms with Crippen molar-refractivity contribution >= 4 is 34.6 Å². The molecule has 14 heteroatoms. The van der Waals surface area contributed by atoms with Gasteiger partial charge >= 0.3 is 11.4 Å². The fraction of sp³-hybridized carbons (Fsp3) is 0.704. The van der Waals surface area contributed by atoms with Crippen LogP contribution in [0.5, 0.6) is 0 Å². The molecule has 4 aliphatic rings. The van der Waals surface area contributed by atoms with Crippen molar-refractivity contribution in [3.63, 3.8) is 0 Å². The minimum atomic E-state index is -2.42. The lowest BCUT2D eigenvalue weighted by atomic mass is 9.44. The number of alkyl halides is 2. The van der Waals surface area contributed by atoms with Gasteiger partial charge in [-0.25, -0.2) is 13.6 Å². The molecule has 0 radical (unpaired) electrons. The molecule has 4 rings (SSSR count). The molecule has 0 amide bonds. The van der Waals surface area contributed by atoms with E-state index in [1.165, 1.54) is 13.0 Å². The van der Waals surface area contributed by atoms with Gasteiger partial charge in [-0.15, -0.1) is 10.1 Å². The van der Waals surface area contributed by atoms with E-state index in [2.05, 4.69) is 4.84 Å². The number of carbonyl (C=O) groups excluding carboxylic acids is 4. The number of aliphatic hydroxyl groups excluding tert-OH is 1. The first kappa shape index (κ1) is 31.0. The third-order valence-corrected chi connectivity index (χ3v) is 10.0. The van der Waals surface area contributed by atoms with Crippen molar-refractivity contribution in [3.05, 3.63) is 33.9 Å². The highest BCUT2D eigenvalue weighted by Gasteiger charge is 2.78. The molecule has 3 fully saturated rings. The Labute approximate surface area is 239 Å². The van der Waals surface area contributed by atoms with Gasteiger partial charge < -0.3 is 19.4 Å². The van der Waals surface area contributed by atoms with Crippen molar-refractivity contribution in [2.75, 3.05) is 13.2 Å². The van der Waals surface area contributed by atoms with Crippen LogP contribution in [-0.2, 0) is 28.7 Å². The van der Waals surface area contributed by atoms with Crippen molar-refractivity contribution in [1.29, 1.82) is 0 Å². The van der Waals surface area contributed by atoms with Crippen molar-refractivity contribution in [1.82, 2.24) is 0 Å². The Morgan fingerprint density at radius 3 is 2.56 bits per heavy atom. The molecule has 41 heavy (non-hydrogen) atoms. The fourth-order valence-corrected chi connectivity index (χ4v) is 8.26. The summed E-state index contributed by atoms with van der Waals surface area (Å²) in [5.41, 5.74) is -8.89. The third kappa shape index (κ3) is 4.65. The van der Waals surface area contributed by atoms with Crippen LogP contribution in [0.25, 0.3) is 0 Å². The fourth-order valence-electron chi connectivity index (χ4n) is 8.21. The molecule has 0 heterocycles. The molecule has 0 aliphatic heterocycles. The van der Waals surface area contributed by atoms with Crippen LogP contribution in [0.2, 0.25) is 0 Å². The zero-order valence-electron chi connectivity index (χ0n) is 22.8. The summed E-state index contributed by atoms with van der Waals surface area (Å²) in [6.07, 6.45) is -1.12. The summed E-state index contributed by atoms with van der Waals surface area (Å²) in [6, 6.07) is 0. The number of rotatable bonds is 9. The molecular weight excluding hydrogens is 572 g/mol. The predicted octanol–water partition coefficient (Wildman–Crippen LogP) is 3.77. The molecular formula is C27H32ClF2NO10. The normalized spacial score (nSPS) is 40.9. The van der Waals surface area contributed by atoms with Crippen molar-refractivity contribution in [2.24, 2.45) is 28.6 Å². The Morgan fingerprint density at radius 1 is 1.24 bits per heavy atom. The SMILES string of the molecule is C[C@@H]1CC2C3C[C@H](F)C4=CC(=O)C=C[C@]4(C)[C@@]3(F)[C@@H](O)C[C@]2(C)[C@@]1(OC(=O)CCCO[N+](=O)[O-])C(=O)COC(=O)Cl. The maximum atomic E-state index is 17.4. The molecule has 0 spiro atoms. The number of allylic oxidation sites excluding steroid dienone is 4. The Balaban J connectivity index is 1.75. The van der Waals surface area contributed by atoms with E-state index in [0.717, 1.165) is 12.2 Å². The molecule has 9 atom stereocenters. The molecule has 3 saturated carbocycles. The number of aliphatic hydroxyl groups is 1. The monoisotopic (exact) mass is 603 g/mol. The first-order valence-electron chi connectivity index (χ1n) is 13.4. The van der Waals surface area contributed by atoms with Crippen LogP contribution < -0.4 is 0 Å². The summed E-state index contributed by atoms with van der Waals surface area (Å²) < 4.78 is 43.7. The minimum Gasteiger partial charge on any atom is -0.450 e. The number of nitrogens with zero attached hydrogens (tertiary/aromatic N) is 1. The van der Waals surface area contributed by atoms with E-state index in [4.69, 9.17) is 21.1 Å². The highest BCUT2D eigenvalue weighted by molar-refractivity contribution is 6.61. The third-order valence-electron chi connectivity index (χ3n) is 9.90. The maximum absolute atomic E-state index is 17.4. The topological polar surface area (TPSA) is 159 Å². The number of esters is 1. The van der Waals surface area contributed by atoms with E-state index < -0.39 is 93.4 Å². The van der Waals surface area contributed by atoms with Crippen LogP contribution in [0.3, 0.4) is 0 Å². The zero-order valence-corrected chi connectivity index (χ0v) is 23.5. The van der Waals surface area contributed by atoms with Crippen molar-refractivity contribution in [2.45, 2.75) is 76.4 Å². The van der Waals surface area contributed by atoms with E-state index in [9.17, 15) is 34.4 Å². The number of ether oxygens (including phenoxy) is 2. The van der Waals surface area contributed by atoms with Crippen LogP contribution in [0.1, 0.15) is 52.9 Å². The second kappa shape index (κ2) is 10.7. The summed E-state index contributed by atoms with van der Waals surface area (Å²) in [7, 11) is 0. The van der Waals surface area contributed by atoms with Gasteiger partial charge in [-0.3, -0.25) is 14.4 Å². The van der Waals surface area contributed by atoms with Gasteiger partial charge in [0, 0.05) is 40.7 Å². The Morgan fingerprint density at radius 2 is 1.93 bits per heavy atom. The van der Waals surface area contributed by atoms with E-state index in [1.54, 1.807) is 13.8 Å². The van der Waals surface area contributed by atoms with E-state index >= 15 is 8.78 Å². The summed E-state index contributed by atoms with van der Waals surface area (Å²) >= 11 is 5.28. The molecule has 1 N–H and O–H groups in total. The molecule has 2 unspecified atom stereocenters. The van der Waals surface area contributed by atoms with Gasteiger partial charge in [0.15, 0.2) is 23.7 Å². The first-order valence-corrected chi connectivity index (χ1v) is 13.7. The van der Waals surface area contributed by atoms with E-state index in [1.807, 2.05) is 0 Å². The minimum absolute atomic E-state index is 0.0582. The number of hydrogen-bond donors (Lipinski definition) is 1. The Kier molecular flexibility index (Phi) is 8.11. The number of fused-ring (bicyclic) bond motifs is 5. The first-order chi connectivity index (χ1) is 19.0. The van der Waals surface area contributed by atoms with E-state index in [-0.39, 0.29) is 37.7 Å². The average Bonchev–Trinajstić information content (AvgIpc) is 3.10. The quantitative estimate of drug-likeness (QED) is 0.135. The van der Waals surface area contributed by atoms with Gasteiger partial charge in [-0.05, 0) is 56.3 Å². The summed E-state index contributed by atoms with van der Waals surface area (Å²) in [4.78, 5) is 64.8. The number of Topliss-reactive ketones (excluding diaryl/α,β-unsaturated/α-hetero) is 1. The molecule has 4 aliphatic carbocycles. The molecule has 226 valence electrons. The van der Waals surface area contributed by atoms with E-state index in [0.29, 0.717) is 0 Å². The highest BCUT2D eigenvalue weighted by Crippen LogP contribution is 2.71. The summed E-state index contributed by atoms with van der Waals surface area (Å²) in [6.45, 7) is 3.32. The zero-order chi connectivity index (χ0) is 30.5. The standard InChI is InChI=1S/C27H32ClF2NO10/c1-14-9-16-17-11-19(29)18-10-15(32)6-7-24(18,2)26(17,30)20(33)12-25(16,3)27(14,21(34)13-39-23(28)36)41-22(35)5-4-8-40-31(37)38/h6-7,10,14,16-17,19-20,33H,4-5,8-9,11-13H2,1-3H3/t14-,16?,17?,19+,20+,24+,25+,26+,27+/m1/s1. The lowest BCUT2D eigenvalue weighted by Crippen LogP contribution is -2.71. The largest absolute Gasteiger partial charge is 0.450 e. The number of hydrogen-bond acceptors (Lipinski definition) is 10. The molecule has 0 aromatic carbocycles. The van der Waals surface area contributed by atoms with Crippen LogP contribution in [0, 0.1) is 38.7 Å². The highest BCUT2D eigenvalue weighted by atomic mass is 35.5. The smallest absolute Gasteiger partial charge is 0.404 e. The van der Waals surface area contributed by atoms with Crippen molar-refractivity contribution < 1.29 is 52.5 Å². The molecule has 0 saturated heterocycles. The van der Waals surface area contributed by atoms with Crippen LogP contribution in [-0.4, -0.2) is 69.9 Å². The van der Waals surface area contributed by atoms with Crippen LogP contribution in [0.15, 0.2) is 23.8 Å². The summed E-state index contributed by atoms with van der Waals surface area (Å²) in [5, 5.41) is 20.9. The summed E-state index contributed by atoms with van der Waals surface area (Å²) in [5.74, 6) is -4.97. The number of ketones is 2. The van der Waals surface area contributed by atoms with Gasteiger partial charge in [0.05, 0.1) is 12.7 Å². The van der Waals surface area contributed by atoms with Gasteiger partial charge in [-0.2, -0.15) is 0 Å². The van der Waals surface area contributed by atoms with Crippen LogP contribution >= 0.6 is 11.6 Å². The Hall–Kier alpha value is -2.93. The second-order valence-corrected chi connectivity index (χ2v) is 12.1. The lowest BCUT2D eigenvalue weighted by Gasteiger charge is -2.63. The van der Waals surface area contributed by atoms with Gasteiger partial charge in [0.2, 0.25) is 5.78 Å². The van der Waals surface area contributed by atoms with Gasteiger partial charge in [0.1, 0.15) is 6.17 Å². The van der Waals surface area contributed by atoms with Crippen LogP contribution in [0.4, 0.5) is 13.6 Å². The molecule has 11 nitrogen and oxygen atoms in total. The molecule has 0 aromatic heterocycles. The average molecular weight is 604 g/mol. The maximum Gasteiger partial charge on any atom is 0.404 e. The second-order valence-electron chi connectivity index (χ2n) is 11.8.